The number of hydrogen-bond acceptors (Lipinski definition) is 2. The molecule has 0 radical (unpaired) electrons. The van der Waals surface area contributed by atoms with Gasteiger partial charge < -0.3 is 0 Å². The van der Waals surface area contributed by atoms with Crippen molar-refractivity contribution in [2.24, 2.45) is 0 Å². The molecule has 0 spiro atoms. The topological polar surface area (TPSA) is 25.8 Å². The zero-order chi connectivity index (χ0) is 27.6. The van der Waals surface area contributed by atoms with Crippen LogP contribution < -0.4 is 0 Å². The van der Waals surface area contributed by atoms with Crippen LogP contribution in [0.2, 0.25) is 0 Å². The van der Waals surface area contributed by atoms with Crippen LogP contribution in [0.3, 0.4) is 0 Å². The van der Waals surface area contributed by atoms with E-state index >= 15 is 0 Å². The molecule has 0 saturated carbocycles. The Morgan fingerprint density at radius 2 is 0.667 bits per heavy atom. The fraction of sp³-hybridized carbons (Fsp3) is 0. The second-order valence-corrected chi connectivity index (χ2v) is 11.0. The first-order valence-corrected chi connectivity index (χ1v) is 14.3. The highest BCUT2D eigenvalue weighted by atomic mass is 14.7. The summed E-state index contributed by atoms with van der Waals surface area (Å²) in [6, 6.07) is 52.1. The van der Waals surface area contributed by atoms with Gasteiger partial charge in [0.15, 0.2) is 0 Å². The van der Waals surface area contributed by atoms with Crippen molar-refractivity contribution in [3.8, 4) is 22.3 Å². The second kappa shape index (κ2) is 8.95. The highest BCUT2D eigenvalue weighted by molar-refractivity contribution is 6.16. The largest absolute Gasteiger partial charge is 0.248 e. The third-order valence-electron chi connectivity index (χ3n) is 8.59. The zero-order valence-corrected chi connectivity index (χ0v) is 22.8. The van der Waals surface area contributed by atoms with Gasteiger partial charge in [0.1, 0.15) is 0 Å². The van der Waals surface area contributed by atoms with Crippen molar-refractivity contribution >= 4 is 65.2 Å². The minimum absolute atomic E-state index is 1.02. The van der Waals surface area contributed by atoms with Gasteiger partial charge in [-0.15, -0.1) is 0 Å². The van der Waals surface area contributed by atoms with Crippen molar-refractivity contribution in [1.29, 1.82) is 0 Å². The van der Waals surface area contributed by atoms with Crippen molar-refractivity contribution in [3.63, 3.8) is 0 Å². The number of rotatable bonds is 2. The fourth-order valence-electron chi connectivity index (χ4n) is 6.55. The smallest absolute Gasteiger partial charge is 0.0722 e. The van der Waals surface area contributed by atoms with E-state index in [1.54, 1.807) is 0 Å². The molecule has 0 aliphatic rings. The van der Waals surface area contributed by atoms with Crippen molar-refractivity contribution in [2.75, 3.05) is 0 Å². The first-order chi connectivity index (χ1) is 20.8. The van der Waals surface area contributed by atoms with Gasteiger partial charge in [-0.2, -0.15) is 0 Å². The van der Waals surface area contributed by atoms with Crippen LogP contribution in [0.5, 0.6) is 0 Å². The molecule has 0 aliphatic heterocycles. The SMILES string of the molecule is c1ccc2nc3cc(-c4ccc(-c5cc6nc7ccccc7cc6c6ccccc56)cc4)c4ccccc4c3cc2c1. The lowest BCUT2D eigenvalue weighted by Gasteiger charge is -2.14. The fourth-order valence-corrected chi connectivity index (χ4v) is 6.55. The summed E-state index contributed by atoms with van der Waals surface area (Å²) in [6.45, 7) is 0. The molecule has 0 bridgehead atoms. The van der Waals surface area contributed by atoms with E-state index in [0.717, 1.165) is 32.8 Å². The maximum atomic E-state index is 5.06. The summed E-state index contributed by atoms with van der Waals surface area (Å²) in [7, 11) is 0. The normalized spacial score (nSPS) is 11.8. The maximum Gasteiger partial charge on any atom is 0.0722 e. The quantitative estimate of drug-likeness (QED) is 0.163. The molecule has 0 aliphatic carbocycles. The molecule has 9 aromatic rings. The predicted octanol–water partition coefficient (Wildman–Crippen LogP) is 10.7. The Hall–Kier alpha value is -5.60. The molecule has 2 aromatic heterocycles. The second-order valence-electron chi connectivity index (χ2n) is 11.0. The lowest BCUT2D eigenvalue weighted by atomic mass is 9.91. The van der Waals surface area contributed by atoms with Crippen LogP contribution in [0.4, 0.5) is 0 Å². The maximum absolute atomic E-state index is 5.06. The van der Waals surface area contributed by atoms with E-state index in [4.69, 9.17) is 9.97 Å². The van der Waals surface area contributed by atoms with Gasteiger partial charge in [0.2, 0.25) is 0 Å². The molecule has 194 valence electrons. The van der Waals surface area contributed by atoms with Gasteiger partial charge in [-0.25, -0.2) is 9.97 Å². The number of aromatic nitrogens is 2. The number of nitrogens with zero attached hydrogens (tertiary/aromatic N) is 2. The first kappa shape index (κ1) is 23.1. The molecule has 2 heterocycles. The van der Waals surface area contributed by atoms with E-state index in [1.165, 1.54) is 54.6 Å². The van der Waals surface area contributed by atoms with Gasteiger partial charge >= 0.3 is 0 Å². The summed E-state index contributed by atoms with van der Waals surface area (Å²) in [5, 5.41) is 9.64. The Bertz CT molecular complexity index is 2330. The van der Waals surface area contributed by atoms with Crippen molar-refractivity contribution < 1.29 is 0 Å². The highest BCUT2D eigenvalue weighted by Gasteiger charge is 2.13. The van der Waals surface area contributed by atoms with Gasteiger partial charge in [-0.1, -0.05) is 109 Å². The Kier molecular flexibility index (Phi) is 4.93. The lowest BCUT2D eigenvalue weighted by Crippen LogP contribution is -1.90. The van der Waals surface area contributed by atoms with E-state index < -0.39 is 0 Å². The molecule has 2 heteroatoms. The average molecular weight is 533 g/mol. The number of benzene rings is 7. The summed E-state index contributed by atoms with van der Waals surface area (Å²) in [4.78, 5) is 10.1. The summed E-state index contributed by atoms with van der Waals surface area (Å²) >= 11 is 0. The van der Waals surface area contributed by atoms with Gasteiger partial charge in [0.05, 0.1) is 22.1 Å². The van der Waals surface area contributed by atoms with Gasteiger partial charge in [0, 0.05) is 21.5 Å². The average Bonchev–Trinajstić information content (AvgIpc) is 3.06. The van der Waals surface area contributed by atoms with Crippen LogP contribution in [0.15, 0.2) is 146 Å². The summed E-state index contributed by atoms with van der Waals surface area (Å²) in [5.74, 6) is 0. The molecule has 42 heavy (non-hydrogen) atoms. The first-order valence-electron chi connectivity index (χ1n) is 14.3. The van der Waals surface area contributed by atoms with Gasteiger partial charge in [0.25, 0.3) is 0 Å². The predicted molar refractivity (Wildman–Crippen MR) is 178 cm³/mol. The van der Waals surface area contributed by atoms with Crippen LogP contribution in [-0.2, 0) is 0 Å². The van der Waals surface area contributed by atoms with Crippen molar-refractivity contribution in [2.45, 2.75) is 0 Å². The number of pyridine rings is 2. The van der Waals surface area contributed by atoms with E-state index in [9.17, 15) is 0 Å². The Balaban J connectivity index is 1.24. The zero-order valence-electron chi connectivity index (χ0n) is 22.8. The van der Waals surface area contributed by atoms with Crippen LogP contribution >= 0.6 is 0 Å². The molecule has 0 saturated heterocycles. The van der Waals surface area contributed by atoms with Crippen molar-refractivity contribution in [3.05, 3.63) is 146 Å². The third kappa shape index (κ3) is 3.52. The van der Waals surface area contributed by atoms with E-state index in [1.807, 2.05) is 0 Å². The minimum atomic E-state index is 1.02. The molecule has 0 atom stereocenters. The summed E-state index contributed by atoms with van der Waals surface area (Å²) in [6.07, 6.45) is 0. The van der Waals surface area contributed by atoms with E-state index in [0.29, 0.717) is 0 Å². The van der Waals surface area contributed by atoms with E-state index in [-0.39, 0.29) is 0 Å². The van der Waals surface area contributed by atoms with Crippen molar-refractivity contribution in [1.82, 2.24) is 9.97 Å². The number of para-hydroxylation sites is 2. The Labute approximate surface area is 242 Å². The molecule has 9 rings (SSSR count). The van der Waals surface area contributed by atoms with Crippen LogP contribution in [-0.4, -0.2) is 9.97 Å². The Morgan fingerprint density at radius 3 is 1.12 bits per heavy atom. The molecular formula is C40H24N2. The standard InChI is InChI=1S/C40H24N2/c1-7-15-37-27(9-1)21-35-31-13-5-3-11-29(31)33(23-39(35)41-37)25-17-19-26(20-18-25)34-24-40-36(32-14-6-4-12-30(32)34)22-28-10-2-8-16-38(28)42-40/h1-24H. The number of fused-ring (bicyclic) bond motifs is 8. The van der Waals surface area contributed by atoms with Gasteiger partial charge in [-0.3, -0.25) is 0 Å². The molecular weight excluding hydrogens is 508 g/mol. The van der Waals surface area contributed by atoms with E-state index in [2.05, 4.69) is 146 Å². The van der Waals surface area contributed by atoms with Crippen LogP contribution in [0.1, 0.15) is 0 Å². The molecule has 0 N–H and O–H groups in total. The molecule has 2 nitrogen and oxygen atoms in total. The molecule has 7 aromatic carbocycles. The molecule has 0 unspecified atom stereocenters. The highest BCUT2D eigenvalue weighted by Crippen LogP contribution is 2.39. The lowest BCUT2D eigenvalue weighted by molar-refractivity contribution is 1.50. The Morgan fingerprint density at radius 1 is 0.286 bits per heavy atom. The summed E-state index contributed by atoms with van der Waals surface area (Å²) < 4.78 is 0. The third-order valence-corrected chi connectivity index (χ3v) is 8.59. The van der Waals surface area contributed by atoms with Crippen LogP contribution in [0.25, 0.3) is 87.4 Å². The minimum Gasteiger partial charge on any atom is -0.248 e. The van der Waals surface area contributed by atoms with Crippen LogP contribution in [0, 0.1) is 0 Å². The molecule has 0 amide bonds. The molecule has 0 fully saturated rings. The summed E-state index contributed by atoms with van der Waals surface area (Å²) in [5.41, 5.74) is 8.84. The number of hydrogen-bond donors (Lipinski definition) is 0. The van der Waals surface area contributed by atoms with Gasteiger partial charge in [-0.05, 0) is 80.2 Å². The monoisotopic (exact) mass is 532 g/mol.